The molecule has 2 aliphatic carbocycles. The normalized spacial score (nSPS) is 24.4. The van der Waals surface area contributed by atoms with Crippen LogP contribution in [0.15, 0.2) is 17.8 Å². The third kappa shape index (κ3) is 2.46. The summed E-state index contributed by atoms with van der Waals surface area (Å²) in [5.41, 5.74) is 1.61. The lowest BCUT2D eigenvalue weighted by Crippen LogP contribution is -2.67. The highest BCUT2D eigenvalue weighted by molar-refractivity contribution is 7.13. The second-order valence-electron chi connectivity index (χ2n) is 6.73. The first-order valence-electron chi connectivity index (χ1n) is 8.49. The summed E-state index contributed by atoms with van der Waals surface area (Å²) < 4.78 is 7.58. The van der Waals surface area contributed by atoms with E-state index in [4.69, 9.17) is 4.74 Å². The number of nitrogens with zero attached hydrogens (tertiary/aromatic N) is 3. The molecule has 1 amide bonds. The van der Waals surface area contributed by atoms with E-state index in [9.17, 15) is 4.79 Å². The molecule has 2 aliphatic rings. The topological polar surface area (TPSA) is 69.0 Å². The number of thiazole rings is 1. The van der Waals surface area contributed by atoms with Crippen LogP contribution in [0.25, 0.3) is 10.6 Å². The molecule has 0 radical (unpaired) electrons. The second kappa shape index (κ2) is 5.97. The fourth-order valence-corrected chi connectivity index (χ4v) is 4.69. The number of ether oxygens (including phenoxy) is 1. The van der Waals surface area contributed by atoms with Crippen molar-refractivity contribution in [3.05, 3.63) is 23.5 Å². The summed E-state index contributed by atoms with van der Waals surface area (Å²) in [6.07, 6.45) is 8.44. The van der Waals surface area contributed by atoms with Gasteiger partial charge in [0.2, 0.25) is 0 Å². The molecule has 2 aromatic heterocycles. The molecule has 128 valence electrons. The second-order valence-corrected chi connectivity index (χ2v) is 7.59. The summed E-state index contributed by atoms with van der Waals surface area (Å²) >= 11 is 1.48. The van der Waals surface area contributed by atoms with Crippen LogP contribution in [0, 0.1) is 5.41 Å². The van der Waals surface area contributed by atoms with Crippen LogP contribution < -0.4 is 5.32 Å². The molecule has 0 unspecified atom stereocenters. The average Bonchev–Trinajstić information content (AvgIpc) is 3.12. The Morgan fingerprint density at radius 1 is 1.54 bits per heavy atom. The number of amides is 1. The predicted octanol–water partition coefficient (Wildman–Crippen LogP) is 2.62. The summed E-state index contributed by atoms with van der Waals surface area (Å²) in [5, 5.41) is 9.99. The smallest absolute Gasteiger partial charge is 0.271 e. The van der Waals surface area contributed by atoms with E-state index < -0.39 is 0 Å². The van der Waals surface area contributed by atoms with E-state index in [1.54, 1.807) is 10.9 Å². The van der Waals surface area contributed by atoms with Crippen LogP contribution in [0.2, 0.25) is 0 Å². The first-order valence-corrected chi connectivity index (χ1v) is 9.37. The van der Waals surface area contributed by atoms with Crippen molar-refractivity contribution >= 4 is 17.2 Å². The summed E-state index contributed by atoms with van der Waals surface area (Å²) in [5.74, 6) is -0.0763. The number of rotatable bonds is 5. The van der Waals surface area contributed by atoms with Crippen molar-refractivity contribution in [2.45, 2.75) is 44.8 Å². The van der Waals surface area contributed by atoms with Crippen molar-refractivity contribution < 1.29 is 9.53 Å². The first-order chi connectivity index (χ1) is 11.6. The van der Waals surface area contributed by atoms with E-state index in [2.05, 4.69) is 15.4 Å². The molecule has 7 heteroatoms. The molecule has 0 bridgehead atoms. The largest absolute Gasteiger partial charge is 0.378 e. The summed E-state index contributed by atoms with van der Waals surface area (Å²) in [7, 11) is 1.87. The fourth-order valence-electron chi connectivity index (χ4n) is 3.92. The number of hydrogen-bond acceptors (Lipinski definition) is 5. The highest BCUT2D eigenvalue weighted by Crippen LogP contribution is 2.57. The molecule has 6 nitrogen and oxygen atoms in total. The van der Waals surface area contributed by atoms with Crippen LogP contribution >= 0.6 is 11.3 Å². The monoisotopic (exact) mass is 346 g/mol. The maximum Gasteiger partial charge on any atom is 0.271 e. The van der Waals surface area contributed by atoms with Crippen molar-refractivity contribution in [1.29, 1.82) is 0 Å². The Balaban J connectivity index is 1.43. The van der Waals surface area contributed by atoms with Gasteiger partial charge in [-0.15, -0.1) is 11.3 Å². The number of aryl methyl sites for hydroxylation is 1. The van der Waals surface area contributed by atoms with Gasteiger partial charge >= 0.3 is 0 Å². The third-order valence-electron chi connectivity index (χ3n) is 5.43. The minimum Gasteiger partial charge on any atom is -0.378 e. The molecule has 0 aromatic carbocycles. The van der Waals surface area contributed by atoms with E-state index in [1.807, 2.05) is 25.5 Å². The Morgan fingerprint density at radius 2 is 2.38 bits per heavy atom. The zero-order chi connectivity index (χ0) is 16.7. The highest BCUT2D eigenvalue weighted by Gasteiger charge is 2.59. The Bertz CT molecular complexity index is 749. The maximum absolute atomic E-state index is 12.6. The third-order valence-corrected chi connectivity index (χ3v) is 6.32. The van der Waals surface area contributed by atoms with E-state index in [0.29, 0.717) is 11.8 Å². The van der Waals surface area contributed by atoms with Gasteiger partial charge < -0.3 is 10.1 Å². The lowest BCUT2D eigenvalue weighted by molar-refractivity contribution is -0.169. The average molecular weight is 346 g/mol. The SMILES string of the molecule is CCO[C@@H]1C[C@H](NC(=O)c2csc(-c3cnn(C)c3)n2)C12CCC2. The summed E-state index contributed by atoms with van der Waals surface area (Å²) in [4.78, 5) is 17.0. The van der Waals surface area contributed by atoms with Gasteiger partial charge in [-0.1, -0.05) is 6.42 Å². The van der Waals surface area contributed by atoms with Crippen molar-refractivity contribution in [1.82, 2.24) is 20.1 Å². The van der Waals surface area contributed by atoms with Crippen LogP contribution in [0.1, 0.15) is 43.1 Å². The molecule has 4 rings (SSSR count). The molecule has 2 aromatic rings. The Labute approximate surface area is 145 Å². The molecule has 2 saturated carbocycles. The lowest BCUT2D eigenvalue weighted by Gasteiger charge is -2.60. The van der Waals surface area contributed by atoms with Gasteiger partial charge in [-0.25, -0.2) is 4.98 Å². The number of hydrogen-bond donors (Lipinski definition) is 1. The number of aromatic nitrogens is 3. The quantitative estimate of drug-likeness (QED) is 0.903. The molecule has 2 fully saturated rings. The number of nitrogens with one attached hydrogen (secondary N) is 1. The van der Waals surface area contributed by atoms with Gasteiger partial charge in [-0.3, -0.25) is 9.48 Å². The van der Waals surface area contributed by atoms with Gasteiger partial charge in [0.15, 0.2) is 0 Å². The van der Waals surface area contributed by atoms with Crippen LogP contribution in [0.5, 0.6) is 0 Å². The molecule has 0 aliphatic heterocycles. The van der Waals surface area contributed by atoms with Crippen molar-refractivity contribution in [2.75, 3.05) is 6.61 Å². The van der Waals surface area contributed by atoms with Crippen LogP contribution in [0.4, 0.5) is 0 Å². The first kappa shape index (κ1) is 15.8. The van der Waals surface area contributed by atoms with E-state index in [-0.39, 0.29) is 17.4 Å². The predicted molar refractivity (Wildman–Crippen MR) is 91.9 cm³/mol. The van der Waals surface area contributed by atoms with Gasteiger partial charge in [0, 0.05) is 42.3 Å². The molecule has 1 spiro atoms. The molecule has 0 saturated heterocycles. The van der Waals surface area contributed by atoms with Crippen molar-refractivity contribution in [3.8, 4) is 10.6 Å². The van der Waals surface area contributed by atoms with Crippen molar-refractivity contribution in [2.24, 2.45) is 12.5 Å². The van der Waals surface area contributed by atoms with Gasteiger partial charge in [0.25, 0.3) is 5.91 Å². The molecule has 2 heterocycles. The van der Waals surface area contributed by atoms with Gasteiger partial charge in [-0.2, -0.15) is 5.10 Å². The lowest BCUT2D eigenvalue weighted by atomic mass is 9.51. The summed E-state index contributed by atoms with van der Waals surface area (Å²) in [6.45, 7) is 2.78. The fraction of sp³-hybridized carbons (Fsp3) is 0.588. The minimum absolute atomic E-state index is 0.0763. The van der Waals surface area contributed by atoms with Gasteiger partial charge in [-0.05, 0) is 26.2 Å². The Hall–Kier alpha value is -1.73. The van der Waals surface area contributed by atoms with Crippen molar-refractivity contribution in [3.63, 3.8) is 0 Å². The van der Waals surface area contributed by atoms with Gasteiger partial charge in [0.05, 0.1) is 12.3 Å². The van der Waals surface area contributed by atoms with E-state index >= 15 is 0 Å². The van der Waals surface area contributed by atoms with Crippen LogP contribution in [0.3, 0.4) is 0 Å². The Morgan fingerprint density at radius 3 is 3.00 bits per heavy atom. The van der Waals surface area contributed by atoms with Crippen LogP contribution in [-0.2, 0) is 11.8 Å². The van der Waals surface area contributed by atoms with Gasteiger partial charge in [0.1, 0.15) is 10.7 Å². The summed E-state index contributed by atoms with van der Waals surface area (Å²) in [6, 6.07) is 0.221. The van der Waals surface area contributed by atoms with E-state index in [1.165, 1.54) is 17.8 Å². The maximum atomic E-state index is 12.6. The Kier molecular flexibility index (Phi) is 3.92. The zero-order valence-corrected chi connectivity index (χ0v) is 14.8. The number of carbonyl (C=O) groups excluding carboxylic acids is 1. The molecule has 1 N–H and O–H groups in total. The molecular formula is C17H22N4O2S. The molecule has 24 heavy (non-hydrogen) atoms. The number of carbonyl (C=O) groups is 1. The van der Waals surface area contributed by atoms with Crippen LogP contribution in [-0.4, -0.2) is 39.4 Å². The standard InChI is InChI=1S/C17H22N4O2S/c1-3-23-14-7-13(17(14)5-4-6-17)20-15(22)12-10-24-16(19-12)11-8-18-21(2)9-11/h8-10,13-14H,3-7H2,1-2H3,(H,20,22)/t13-,14+/m0/s1. The highest BCUT2D eigenvalue weighted by atomic mass is 32.1. The minimum atomic E-state index is -0.0763. The zero-order valence-electron chi connectivity index (χ0n) is 14.0. The molecular weight excluding hydrogens is 324 g/mol. The van der Waals surface area contributed by atoms with E-state index in [0.717, 1.165) is 36.4 Å². The molecule has 2 atom stereocenters.